The number of rotatable bonds is 7. The number of methoxy groups -OCH3 is 1. The molecule has 2 amide bonds. The quantitative estimate of drug-likeness (QED) is 0.592. The molecule has 0 fully saturated rings. The molecule has 0 saturated heterocycles. The Hall–Kier alpha value is -2.08. The fourth-order valence-corrected chi connectivity index (χ4v) is 2.06. The normalized spacial score (nSPS) is 11.9. The highest BCUT2D eigenvalue weighted by Crippen LogP contribution is 2.15. The van der Waals surface area contributed by atoms with Gasteiger partial charge in [-0.05, 0) is 23.6 Å². The first-order chi connectivity index (χ1) is 10.4. The van der Waals surface area contributed by atoms with Crippen molar-refractivity contribution >= 4 is 11.8 Å². The second kappa shape index (κ2) is 8.38. The number of nitrogens with zero attached hydrogens (tertiary/aromatic N) is 1. The van der Waals surface area contributed by atoms with Crippen LogP contribution in [0.4, 0.5) is 0 Å². The maximum atomic E-state index is 12.0. The van der Waals surface area contributed by atoms with Gasteiger partial charge < -0.3 is 10.1 Å². The van der Waals surface area contributed by atoms with E-state index in [0.717, 1.165) is 5.56 Å². The maximum Gasteiger partial charge on any atom is 0.246 e. The predicted octanol–water partition coefficient (Wildman–Crippen LogP) is 1.62. The summed E-state index contributed by atoms with van der Waals surface area (Å²) in [6.07, 6.45) is 0.413. The number of carbonyl (C=O) groups excluding carboxylic acids is 2. The fraction of sp³-hybridized carbons (Fsp3) is 0.500. The van der Waals surface area contributed by atoms with Crippen LogP contribution in [0.3, 0.4) is 0 Å². The van der Waals surface area contributed by atoms with E-state index in [-0.39, 0.29) is 18.8 Å². The average molecular weight is 308 g/mol. The zero-order valence-electron chi connectivity index (χ0n) is 13.5. The summed E-state index contributed by atoms with van der Waals surface area (Å²) in [4.78, 5) is 24.0. The highest BCUT2D eigenvalue weighted by molar-refractivity contribution is 5.87. The molecular weight excluding hydrogens is 284 g/mol. The van der Waals surface area contributed by atoms with Crippen molar-refractivity contribution in [1.29, 1.82) is 0 Å². The van der Waals surface area contributed by atoms with Crippen molar-refractivity contribution in [1.82, 2.24) is 10.4 Å². The highest BCUT2D eigenvalue weighted by atomic mass is 16.5. The molecule has 0 aliphatic heterocycles. The number of benzene rings is 1. The van der Waals surface area contributed by atoms with Gasteiger partial charge in [0, 0.05) is 19.9 Å². The fourth-order valence-electron chi connectivity index (χ4n) is 2.06. The molecule has 2 N–H and O–H groups in total. The van der Waals surface area contributed by atoms with Crippen molar-refractivity contribution in [3.63, 3.8) is 0 Å². The van der Waals surface area contributed by atoms with Crippen molar-refractivity contribution < 1.29 is 19.5 Å². The third-order valence-corrected chi connectivity index (χ3v) is 3.27. The lowest BCUT2D eigenvalue weighted by atomic mass is 10.0. The van der Waals surface area contributed by atoms with Gasteiger partial charge in [0.05, 0.1) is 7.11 Å². The molecule has 0 aliphatic carbocycles. The molecule has 0 saturated carbocycles. The first-order valence-corrected chi connectivity index (χ1v) is 7.24. The van der Waals surface area contributed by atoms with E-state index in [1.54, 1.807) is 31.4 Å². The van der Waals surface area contributed by atoms with Crippen LogP contribution in [0.25, 0.3) is 0 Å². The second-order valence-corrected chi connectivity index (χ2v) is 5.52. The number of ether oxygens (including phenoxy) is 1. The van der Waals surface area contributed by atoms with Crippen molar-refractivity contribution in [2.24, 2.45) is 5.92 Å². The van der Waals surface area contributed by atoms with Gasteiger partial charge in [0.2, 0.25) is 11.8 Å². The van der Waals surface area contributed by atoms with Gasteiger partial charge in [0.15, 0.2) is 0 Å². The largest absolute Gasteiger partial charge is 0.497 e. The van der Waals surface area contributed by atoms with E-state index in [1.165, 1.54) is 7.05 Å². The Labute approximate surface area is 131 Å². The van der Waals surface area contributed by atoms with Gasteiger partial charge in [0.1, 0.15) is 11.8 Å². The van der Waals surface area contributed by atoms with Crippen LogP contribution < -0.4 is 10.1 Å². The molecule has 0 spiro atoms. The summed E-state index contributed by atoms with van der Waals surface area (Å²) in [6.45, 7) is 3.76. The van der Waals surface area contributed by atoms with Crippen molar-refractivity contribution in [3.8, 4) is 5.75 Å². The molecule has 0 unspecified atom stereocenters. The van der Waals surface area contributed by atoms with Crippen LogP contribution in [0.5, 0.6) is 5.75 Å². The Morgan fingerprint density at radius 2 is 1.86 bits per heavy atom. The Balaban J connectivity index is 2.87. The first kappa shape index (κ1) is 18.0. The summed E-state index contributed by atoms with van der Waals surface area (Å²) in [5.74, 6) is -0.0574. The molecule has 0 heterocycles. The Bertz CT molecular complexity index is 499. The van der Waals surface area contributed by atoms with Crippen molar-refractivity contribution in [2.45, 2.75) is 32.7 Å². The average Bonchev–Trinajstić information content (AvgIpc) is 2.51. The van der Waals surface area contributed by atoms with E-state index >= 15 is 0 Å². The molecule has 1 rings (SSSR count). The first-order valence-electron chi connectivity index (χ1n) is 7.24. The van der Waals surface area contributed by atoms with Crippen molar-refractivity contribution in [3.05, 3.63) is 29.8 Å². The van der Waals surface area contributed by atoms with Crippen LogP contribution in [-0.4, -0.2) is 42.3 Å². The monoisotopic (exact) mass is 308 g/mol. The van der Waals surface area contributed by atoms with E-state index in [0.29, 0.717) is 10.8 Å². The van der Waals surface area contributed by atoms with Crippen LogP contribution in [-0.2, 0) is 16.0 Å². The van der Waals surface area contributed by atoms with Crippen LogP contribution in [0.15, 0.2) is 24.3 Å². The van der Waals surface area contributed by atoms with E-state index in [2.05, 4.69) is 5.32 Å². The lowest BCUT2D eigenvalue weighted by molar-refractivity contribution is -0.180. The van der Waals surface area contributed by atoms with Crippen molar-refractivity contribution in [2.75, 3.05) is 14.2 Å². The van der Waals surface area contributed by atoms with Gasteiger partial charge >= 0.3 is 0 Å². The third kappa shape index (κ3) is 5.04. The standard InChI is InChI=1S/C16H24N2O4/c1-11(2)9-15(19)18(21)14(16(20)17-3)10-12-5-7-13(22-4)8-6-12/h5-8,11,14,21H,9-10H2,1-4H3,(H,17,20)/t14-/m0/s1. The molecule has 0 aromatic heterocycles. The summed E-state index contributed by atoms with van der Waals surface area (Å²) in [5, 5.41) is 13.1. The minimum atomic E-state index is -0.954. The Morgan fingerprint density at radius 3 is 2.32 bits per heavy atom. The molecule has 22 heavy (non-hydrogen) atoms. The zero-order chi connectivity index (χ0) is 16.7. The lowest BCUT2D eigenvalue weighted by Crippen LogP contribution is -2.48. The van der Waals surface area contributed by atoms with Gasteiger partial charge in [-0.25, -0.2) is 5.06 Å². The van der Waals surface area contributed by atoms with Gasteiger partial charge in [-0.2, -0.15) is 0 Å². The lowest BCUT2D eigenvalue weighted by Gasteiger charge is -2.25. The summed E-state index contributed by atoms with van der Waals surface area (Å²) < 4.78 is 5.08. The Kier molecular flexibility index (Phi) is 6.85. The third-order valence-electron chi connectivity index (χ3n) is 3.27. The molecule has 6 heteroatoms. The second-order valence-electron chi connectivity index (χ2n) is 5.52. The van der Waals surface area contributed by atoms with Gasteiger partial charge in [0.25, 0.3) is 0 Å². The van der Waals surface area contributed by atoms with E-state index in [1.807, 2.05) is 13.8 Å². The minimum Gasteiger partial charge on any atom is -0.497 e. The zero-order valence-corrected chi connectivity index (χ0v) is 13.5. The SMILES string of the molecule is CNC(=O)[C@H](Cc1ccc(OC)cc1)N(O)C(=O)CC(C)C. The number of hydrogen-bond donors (Lipinski definition) is 2. The molecule has 1 aromatic carbocycles. The van der Waals surface area contributed by atoms with E-state index in [4.69, 9.17) is 4.74 Å². The van der Waals surface area contributed by atoms with Crippen LogP contribution in [0.2, 0.25) is 0 Å². The molecular formula is C16H24N2O4. The number of nitrogens with one attached hydrogen (secondary N) is 1. The van der Waals surface area contributed by atoms with Crippen LogP contribution >= 0.6 is 0 Å². The van der Waals surface area contributed by atoms with Crippen LogP contribution in [0.1, 0.15) is 25.8 Å². The van der Waals surface area contributed by atoms with E-state index < -0.39 is 17.9 Å². The molecule has 6 nitrogen and oxygen atoms in total. The molecule has 0 bridgehead atoms. The molecule has 0 radical (unpaired) electrons. The number of hydroxylamine groups is 2. The van der Waals surface area contributed by atoms with Gasteiger partial charge in [-0.15, -0.1) is 0 Å². The molecule has 122 valence electrons. The maximum absolute atomic E-state index is 12.0. The number of carbonyl (C=O) groups is 2. The summed E-state index contributed by atoms with van der Waals surface area (Å²) in [5.41, 5.74) is 0.825. The molecule has 1 atom stereocenters. The van der Waals surface area contributed by atoms with Gasteiger partial charge in [-0.3, -0.25) is 14.8 Å². The topological polar surface area (TPSA) is 78.9 Å². The Morgan fingerprint density at radius 1 is 1.27 bits per heavy atom. The molecule has 0 aliphatic rings. The number of likely N-dealkylation sites (N-methyl/N-ethyl adjacent to an activating group) is 1. The summed E-state index contributed by atoms with van der Waals surface area (Å²) in [6, 6.07) is 6.19. The number of hydrogen-bond acceptors (Lipinski definition) is 4. The minimum absolute atomic E-state index is 0.105. The highest BCUT2D eigenvalue weighted by Gasteiger charge is 2.28. The van der Waals surface area contributed by atoms with Crippen LogP contribution in [0, 0.1) is 5.92 Å². The van der Waals surface area contributed by atoms with Gasteiger partial charge in [-0.1, -0.05) is 26.0 Å². The summed E-state index contributed by atoms with van der Waals surface area (Å²) in [7, 11) is 3.05. The predicted molar refractivity (Wildman–Crippen MR) is 82.6 cm³/mol. The molecule has 1 aromatic rings. The number of amides is 2. The summed E-state index contributed by atoms with van der Waals surface area (Å²) >= 11 is 0. The smallest absolute Gasteiger partial charge is 0.246 e. The van der Waals surface area contributed by atoms with E-state index in [9.17, 15) is 14.8 Å².